The molecule has 0 aliphatic rings. The van der Waals surface area contributed by atoms with Crippen LogP contribution in [0, 0.1) is 0 Å². The highest BCUT2D eigenvalue weighted by Crippen LogP contribution is 2.22. The molecule has 0 saturated carbocycles. The van der Waals surface area contributed by atoms with E-state index in [4.69, 9.17) is 16.7 Å². The Balaban J connectivity index is 2.54. The minimum absolute atomic E-state index is 0.0672. The number of nitrogens with zero attached hydrogens (tertiary/aromatic N) is 3. The number of carboxylic acids is 1. The van der Waals surface area contributed by atoms with Gasteiger partial charge in [0.15, 0.2) is 0 Å². The van der Waals surface area contributed by atoms with Crippen LogP contribution in [-0.4, -0.2) is 25.8 Å². The molecule has 5 nitrogen and oxygen atoms in total. The summed E-state index contributed by atoms with van der Waals surface area (Å²) in [5.41, 5.74) is 0.753. The highest BCUT2D eigenvalue weighted by molar-refractivity contribution is 6.33. The molecule has 0 aliphatic heterocycles. The zero-order valence-corrected chi connectivity index (χ0v) is 10.7. The second kappa shape index (κ2) is 4.78. The van der Waals surface area contributed by atoms with Crippen molar-refractivity contribution in [2.24, 2.45) is 0 Å². The molecule has 0 fully saturated rings. The van der Waals surface area contributed by atoms with Gasteiger partial charge in [-0.3, -0.25) is 4.57 Å². The van der Waals surface area contributed by atoms with Crippen molar-refractivity contribution in [3.05, 3.63) is 40.9 Å². The van der Waals surface area contributed by atoms with Gasteiger partial charge < -0.3 is 5.11 Å². The van der Waals surface area contributed by atoms with Crippen molar-refractivity contribution in [1.29, 1.82) is 0 Å². The number of benzene rings is 1. The first kappa shape index (κ1) is 12.6. The Morgan fingerprint density at radius 2 is 2.17 bits per heavy atom. The summed E-state index contributed by atoms with van der Waals surface area (Å²) in [6.07, 6.45) is 1.56. The van der Waals surface area contributed by atoms with Crippen molar-refractivity contribution in [3.8, 4) is 5.69 Å². The lowest BCUT2D eigenvalue weighted by Crippen LogP contribution is -2.05. The topological polar surface area (TPSA) is 68.0 Å². The molecule has 18 heavy (non-hydrogen) atoms. The van der Waals surface area contributed by atoms with Crippen molar-refractivity contribution in [2.45, 2.75) is 19.8 Å². The number of hydrogen-bond acceptors (Lipinski definition) is 3. The predicted molar refractivity (Wildman–Crippen MR) is 67.4 cm³/mol. The predicted octanol–water partition coefficient (Wildman–Crippen LogP) is 2.74. The lowest BCUT2D eigenvalue weighted by molar-refractivity contribution is 0.0697. The van der Waals surface area contributed by atoms with Crippen LogP contribution in [0.4, 0.5) is 0 Å². The number of carbonyl (C=O) groups is 1. The summed E-state index contributed by atoms with van der Waals surface area (Å²) in [6, 6.07) is 4.81. The minimum Gasteiger partial charge on any atom is -0.478 e. The molecule has 2 aromatic rings. The minimum atomic E-state index is -1.05. The molecule has 1 N–H and O–H groups in total. The molecule has 0 amide bonds. The Kier molecular flexibility index (Phi) is 3.34. The van der Waals surface area contributed by atoms with Gasteiger partial charge >= 0.3 is 5.97 Å². The van der Waals surface area contributed by atoms with Gasteiger partial charge in [0.05, 0.1) is 10.6 Å². The maximum absolute atomic E-state index is 11.0. The fourth-order valence-electron chi connectivity index (χ4n) is 1.66. The number of aromatic nitrogens is 3. The van der Waals surface area contributed by atoms with E-state index < -0.39 is 5.97 Å². The summed E-state index contributed by atoms with van der Waals surface area (Å²) in [5.74, 6) is -0.0915. The summed E-state index contributed by atoms with van der Waals surface area (Å²) in [4.78, 5) is 11.0. The molecule has 1 heterocycles. The Bertz CT molecular complexity index is 593. The number of hydrogen-bond donors (Lipinski definition) is 1. The summed E-state index contributed by atoms with van der Waals surface area (Å²) < 4.78 is 1.76. The van der Waals surface area contributed by atoms with Gasteiger partial charge in [0, 0.05) is 11.6 Å². The van der Waals surface area contributed by atoms with E-state index in [0.29, 0.717) is 5.69 Å². The summed E-state index contributed by atoms with van der Waals surface area (Å²) in [5, 5.41) is 17.1. The Morgan fingerprint density at radius 3 is 2.78 bits per heavy atom. The third-order valence-corrected chi connectivity index (χ3v) is 2.88. The first-order valence-corrected chi connectivity index (χ1v) is 5.81. The van der Waals surface area contributed by atoms with Crippen molar-refractivity contribution < 1.29 is 9.90 Å². The summed E-state index contributed by atoms with van der Waals surface area (Å²) in [7, 11) is 0. The van der Waals surface area contributed by atoms with Crippen LogP contribution in [-0.2, 0) is 0 Å². The zero-order valence-electron chi connectivity index (χ0n) is 9.96. The lowest BCUT2D eigenvalue weighted by atomic mass is 10.1. The number of halogens is 1. The molecule has 2 rings (SSSR count). The molecule has 94 valence electrons. The van der Waals surface area contributed by atoms with Crippen molar-refractivity contribution in [1.82, 2.24) is 14.8 Å². The SMILES string of the molecule is CC(C)c1nncn1-c1ccc(Cl)c(C(=O)O)c1. The van der Waals surface area contributed by atoms with Crippen molar-refractivity contribution in [3.63, 3.8) is 0 Å². The molecule has 0 unspecified atom stereocenters. The van der Waals surface area contributed by atoms with Crippen molar-refractivity contribution >= 4 is 17.6 Å². The van der Waals surface area contributed by atoms with Crippen LogP contribution in [0.25, 0.3) is 5.69 Å². The van der Waals surface area contributed by atoms with E-state index in [1.165, 1.54) is 6.07 Å². The monoisotopic (exact) mass is 265 g/mol. The molecule has 0 bridgehead atoms. The van der Waals surface area contributed by atoms with E-state index in [2.05, 4.69) is 10.2 Å². The van der Waals surface area contributed by atoms with Crippen LogP contribution < -0.4 is 0 Å². The van der Waals surface area contributed by atoms with Gasteiger partial charge in [0.1, 0.15) is 12.2 Å². The maximum atomic E-state index is 11.0. The maximum Gasteiger partial charge on any atom is 0.337 e. The van der Waals surface area contributed by atoms with E-state index in [-0.39, 0.29) is 16.5 Å². The van der Waals surface area contributed by atoms with Gasteiger partial charge in [-0.15, -0.1) is 10.2 Å². The van der Waals surface area contributed by atoms with E-state index >= 15 is 0 Å². The molecule has 0 saturated heterocycles. The molecular formula is C12H12ClN3O2. The Morgan fingerprint density at radius 1 is 1.44 bits per heavy atom. The zero-order chi connectivity index (χ0) is 13.3. The summed E-state index contributed by atoms with van der Waals surface area (Å²) >= 11 is 5.83. The smallest absolute Gasteiger partial charge is 0.337 e. The lowest BCUT2D eigenvalue weighted by Gasteiger charge is -2.10. The van der Waals surface area contributed by atoms with Gasteiger partial charge in [-0.2, -0.15) is 0 Å². The Hall–Kier alpha value is -1.88. The van der Waals surface area contributed by atoms with Gasteiger partial charge in [0.2, 0.25) is 0 Å². The second-order valence-electron chi connectivity index (χ2n) is 4.18. The van der Waals surface area contributed by atoms with E-state index in [1.54, 1.807) is 23.0 Å². The van der Waals surface area contributed by atoms with Gasteiger partial charge in [-0.1, -0.05) is 25.4 Å². The molecule has 0 aliphatic carbocycles. The highest BCUT2D eigenvalue weighted by atomic mass is 35.5. The molecule has 0 spiro atoms. The van der Waals surface area contributed by atoms with E-state index in [1.807, 2.05) is 13.8 Å². The van der Waals surface area contributed by atoms with E-state index in [0.717, 1.165) is 5.82 Å². The van der Waals surface area contributed by atoms with Crippen LogP contribution >= 0.6 is 11.6 Å². The average molecular weight is 266 g/mol. The van der Waals surface area contributed by atoms with Crippen LogP contribution in [0.5, 0.6) is 0 Å². The van der Waals surface area contributed by atoms with E-state index in [9.17, 15) is 4.79 Å². The molecular weight excluding hydrogens is 254 g/mol. The van der Waals surface area contributed by atoms with Gasteiger partial charge in [-0.05, 0) is 18.2 Å². The van der Waals surface area contributed by atoms with Crippen LogP contribution in [0.1, 0.15) is 35.9 Å². The van der Waals surface area contributed by atoms with Crippen LogP contribution in [0.2, 0.25) is 5.02 Å². The number of aromatic carboxylic acids is 1. The second-order valence-corrected chi connectivity index (χ2v) is 4.59. The largest absolute Gasteiger partial charge is 0.478 e. The quantitative estimate of drug-likeness (QED) is 0.926. The number of rotatable bonds is 3. The first-order chi connectivity index (χ1) is 8.50. The van der Waals surface area contributed by atoms with Crippen LogP contribution in [0.3, 0.4) is 0 Å². The fourth-order valence-corrected chi connectivity index (χ4v) is 1.86. The summed E-state index contributed by atoms with van der Waals surface area (Å²) in [6.45, 7) is 3.99. The Labute approximate surface area is 109 Å². The van der Waals surface area contributed by atoms with Crippen LogP contribution in [0.15, 0.2) is 24.5 Å². The molecule has 6 heteroatoms. The van der Waals surface area contributed by atoms with Gasteiger partial charge in [-0.25, -0.2) is 4.79 Å². The molecule has 1 aromatic carbocycles. The third kappa shape index (κ3) is 2.22. The van der Waals surface area contributed by atoms with Crippen molar-refractivity contribution in [2.75, 3.05) is 0 Å². The fraction of sp³-hybridized carbons (Fsp3) is 0.250. The number of carboxylic acid groups (broad SMARTS) is 1. The molecule has 0 atom stereocenters. The normalized spacial score (nSPS) is 10.9. The standard InChI is InChI=1S/C12H12ClN3O2/c1-7(2)11-15-14-6-16(11)8-3-4-10(13)9(5-8)12(17)18/h3-7H,1-2H3,(H,17,18). The first-order valence-electron chi connectivity index (χ1n) is 5.44. The highest BCUT2D eigenvalue weighted by Gasteiger charge is 2.14. The van der Waals surface area contributed by atoms with Gasteiger partial charge in [0.25, 0.3) is 0 Å². The molecule has 0 radical (unpaired) electrons. The average Bonchev–Trinajstić information content (AvgIpc) is 2.78. The molecule has 1 aromatic heterocycles. The third-order valence-electron chi connectivity index (χ3n) is 2.55.